The predicted octanol–water partition coefficient (Wildman–Crippen LogP) is 4.85. The zero-order valence-corrected chi connectivity index (χ0v) is 23.3. The van der Waals surface area contributed by atoms with Gasteiger partial charge in [0.15, 0.2) is 4.80 Å². The number of ether oxygens (including phenoxy) is 1. The second kappa shape index (κ2) is 10.1. The lowest BCUT2D eigenvalue weighted by Crippen LogP contribution is -2.40. The smallest absolute Gasteiger partial charge is 0.338 e. The first-order chi connectivity index (χ1) is 19.4. The van der Waals surface area contributed by atoms with Crippen LogP contribution in [0.1, 0.15) is 36.7 Å². The summed E-state index contributed by atoms with van der Waals surface area (Å²) in [5.41, 5.74) is 4.52. The van der Waals surface area contributed by atoms with Crippen molar-refractivity contribution in [2.75, 3.05) is 6.61 Å². The number of benzene rings is 3. The number of rotatable bonds is 5. The van der Waals surface area contributed by atoms with Crippen LogP contribution >= 0.6 is 11.3 Å². The van der Waals surface area contributed by atoms with Gasteiger partial charge in [0, 0.05) is 22.2 Å². The van der Waals surface area contributed by atoms with Crippen LogP contribution in [0.5, 0.6) is 0 Å². The van der Waals surface area contributed by atoms with Crippen molar-refractivity contribution in [2.45, 2.75) is 33.4 Å². The highest BCUT2D eigenvalue weighted by Crippen LogP contribution is 2.35. The van der Waals surface area contributed by atoms with E-state index in [1.165, 1.54) is 11.3 Å². The number of thiazole rings is 1. The molecule has 1 atom stereocenters. The maximum atomic E-state index is 14.2. The molecule has 0 radical (unpaired) electrons. The molecule has 6 rings (SSSR count). The Kier molecular flexibility index (Phi) is 6.49. The Bertz CT molecular complexity index is 2080. The van der Waals surface area contributed by atoms with Crippen LogP contribution in [0.15, 0.2) is 87.8 Å². The summed E-state index contributed by atoms with van der Waals surface area (Å²) in [6.45, 7) is 6.25. The molecular weight excluding hydrogens is 518 g/mol. The second-order valence-electron chi connectivity index (χ2n) is 9.68. The Morgan fingerprint density at radius 3 is 2.58 bits per heavy atom. The summed E-state index contributed by atoms with van der Waals surface area (Å²) in [7, 11) is 0. The number of fused-ring (bicyclic) bond motifs is 3. The molecule has 5 aromatic rings. The van der Waals surface area contributed by atoms with Crippen LogP contribution in [0, 0.1) is 19.3 Å². The van der Waals surface area contributed by atoms with Crippen molar-refractivity contribution in [1.82, 2.24) is 9.13 Å². The molecule has 0 unspecified atom stereocenters. The Balaban J connectivity index is 1.64. The molecule has 2 aromatic heterocycles. The van der Waals surface area contributed by atoms with Crippen LogP contribution in [0.3, 0.4) is 0 Å². The third-order valence-electron chi connectivity index (χ3n) is 7.44. The summed E-state index contributed by atoms with van der Waals surface area (Å²) in [4.78, 5) is 32.8. The van der Waals surface area contributed by atoms with E-state index >= 15 is 0 Å². The lowest BCUT2D eigenvalue weighted by molar-refractivity contribution is -0.139. The Labute approximate surface area is 235 Å². The van der Waals surface area contributed by atoms with Gasteiger partial charge in [0.05, 0.1) is 35.0 Å². The molecule has 198 valence electrons. The summed E-state index contributed by atoms with van der Waals surface area (Å²) in [6, 6.07) is 21.3. The van der Waals surface area contributed by atoms with Crippen molar-refractivity contribution in [3.8, 4) is 12.3 Å². The topological polar surface area (TPSA) is 65.6 Å². The quantitative estimate of drug-likeness (QED) is 0.234. The number of aromatic nitrogens is 2. The van der Waals surface area contributed by atoms with Crippen molar-refractivity contribution in [3.05, 3.63) is 115 Å². The molecule has 0 bridgehead atoms. The zero-order valence-electron chi connectivity index (χ0n) is 22.5. The van der Waals surface area contributed by atoms with Crippen LogP contribution in [0.25, 0.3) is 27.8 Å². The molecule has 0 aliphatic carbocycles. The van der Waals surface area contributed by atoms with Gasteiger partial charge in [-0.25, -0.2) is 9.79 Å². The maximum Gasteiger partial charge on any atom is 0.338 e. The minimum Gasteiger partial charge on any atom is -0.463 e. The molecule has 0 saturated heterocycles. The molecule has 0 spiro atoms. The van der Waals surface area contributed by atoms with Gasteiger partial charge >= 0.3 is 5.97 Å². The van der Waals surface area contributed by atoms with Gasteiger partial charge in [0.1, 0.15) is 0 Å². The average Bonchev–Trinajstić information content (AvgIpc) is 3.41. The van der Waals surface area contributed by atoms with E-state index in [0.29, 0.717) is 27.1 Å². The zero-order chi connectivity index (χ0) is 28.0. The summed E-state index contributed by atoms with van der Waals surface area (Å²) in [6.07, 6.45) is 7.60. The molecule has 7 heteroatoms. The lowest BCUT2D eigenvalue weighted by Gasteiger charge is -2.25. The number of hydrogen-bond acceptors (Lipinski definition) is 5. The van der Waals surface area contributed by atoms with E-state index in [1.807, 2.05) is 79.7 Å². The van der Waals surface area contributed by atoms with Crippen molar-refractivity contribution in [3.63, 3.8) is 0 Å². The van der Waals surface area contributed by atoms with E-state index in [-0.39, 0.29) is 12.2 Å². The number of carbonyl (C=O) groups is 1. The maximum absolute atomic E-state index is 14.2. The Morgan fingerprint density at radius 2 is 1.80 bits per heavy atom. The molecule has 3 aromatic carbocycles. The van der Waals surface area contributed by atoms with E-state index in [9.17, 15) is 9.59 Å². The molecule has 0 N–H and O–H groups in total. The van der Waals surface area contributed by atoms with Crippen molar-refractivity contribution >= 4 is 45.1 Å². The number of allylic oxidation sites excluding steroid dienone is 1. The third-order valence-corrected chi connectivity index (χ3v) is 8.42. The number of hydrogen-bond donors (Lipinski definition) is 0. The second-order valence-corrected chi connectivity index (χ2v) is 10.7. The first-order valence-corrected chi connectivity index (χ1v) is 13.9. The molecule has 0 amide bonds. The highest BCUT2D eigenvalue weighted by atomic mass is 32.1. The standard InChI is InChI=1S/C33H27N3O3S/c1-5-18-35-21(4)26(24-15-9-10-17-27(24)35)19-28-31(37)36-30(25-16-11-13-22-12-7-8-14-23(22)25)29(32(38)39-6-2)20(3)34-33(36)40-28/h1,7-17,19,30H,6,18H2,2-4H3/b28-19+/t30-/m1/s1. The third kappa shape index (κ3) is 4.00. The first kappa shape index (κ1) is 25.6. The van der Waals surface area contributed by atoms with Gasteiger partial charge in [-0.05, 0) is 49.2 Å². The first-order valence-electron chi connectivity index (χ1n) is 13.1. The van der Waals surface area contributed by atoms with Gasteiger partial charge in [0.2, 0.25) is 0 Å². The molecule has 6 nitrogen and oxygen atoms in total. The largest absolute Gasteiger partial charge is 0.463 e. The monoisotopic (exact) mass is 545 g/mol. The van der Waals surface area contributed by atoms with Crippen molar-refractivity contribution in [2.24, 2.45) is 4.99 Å². The summed E-state index contributed by atoms with van der Waals surface area (Å²) in [5.74, 6) is 2.27. The van der Waals surface area contributed by atoms with Gasteiger partial charge in [-0.1, -0.05) is 77.9 Å². The average molecular weight is 546 g/mol. The van der Waals surface area contributed by atoms with Crippen LogP contribution in [0.2, 0.25) is 0 Å². The Morgan fingerprint density at radius 1 is 1.07 bits per heavy atom. The van der Waals surface area contributed by atoms with E-state index in [1.54, 1.807) is 18.4 Å². The minimum atomic E-state index is -0.674. The number of nitrogens with zero attached hydrogens (tertiary/aromatic N) is 3. The van der Waals surface area contributed by atoms with Crippen molar-refractivity contribution in [1.29, 1.82) is 0 Å². The molecule has 1 aliphatic heterocycles. The van der Waals surface area contributed by atoms with Crippen molar-refractivity contribution < 1.29 is 9.53 Å². The molecule has 3 heterocycles. The fraction of sp³-hybridized carbons (Fsp3) is 0.182. The number of para-hydroxylation sites is 1. The summed E-state index contributed by atoms with van der Waals surface area (Å²) >= 11 is 1.32. The SMILES string of the molecule is C#CCn1c(C)c(/C=c2/sc3n(c2=O)[C@H](c2cccc4ccccc24)C(C(=O)OCC)=C(C)N=3)c2ccccc21. The molecular formula is C33H27N3O3S. The van der Waals surface area contributed by atoms with E-state index in [2.05, 4.69) is 10.5 Å². The molecule has 1 aliphatic rings. The summed E-state index contributed by atoms with van der Waals surface area (Å²) in [5, 5.41) is 3.02. The van der Waals surface area contributed by atoms with Crippen LogP contribution in [0.4, 0.5) is 0 Å². The Hall–Kier alpha value is -4.67. The fourth-order valence-corrected chi connectivity index (χ4v) is 6.67. The minimum absolute atomic E-state index is 0.204. The van der Waals surface area contributed by atoms with E-state index < -0.39 is 12.0 Å². The van der Waals surface area contributed by atoms with Gasteiger partial charge in [-0.3, -0.25) is 9.36 Å². The highest BCUT2D eigenvalue weighted by Gasteiger charge is 2.34. The van der Waals surface area contributed by atoms with Gasteiger partial charge in [-0.2, -0.15) is 0 Å². The summed E-state index contributed by atoms with van der Waals surface area (Å²) < 4.78 is 9.73. The normalized spacial score (nSPS) is 15.2. The number of terminal acetylenes is 1. The van der Waals surface area contributed by atoms with E-state index in [4.69, 9.17) is 16.2 Å². The number of esters is 1. The van der Waals surface area contributed by atoms with Crippen LogP contribution < -0.4 is 14.9 Å². The fourth-order valence-electron chi connectivity index (χ4n) is 5.64. The molecule has 40 heavy (non-hydrogen) atoms. The number of carbonyl (C=O) groups excluding carboxylic acids is 1. The van der Waals surface area contributed by atoms with Gasteiger partial charge in [-0.15, -0.1) is 6.42 Å². The van der Waals surface area contributed by atoms with Crippen LogP contribution in [-0.2, 0) is 16.1 Å². The molecule has 0 saturated carbocycles. The highest BCUT2D eigenvalue weighted by molar-refractivity contribution is 7.07. The van der Waals surface area contributed by atoms with Gasteiger partial charge < -0.3 is 9.30 Å². The van der Waals surface area contributed by atoms with Crippen LogP contribution in [-0.4, -0.2) is 21.7 Å². The predicted molar refractivity (Wildman–Crippen MR) is 160 cm³/mol. The van der Waals surface area contributed by atoms with Gasteiger partial charge in [0.25, 0.3) is 5.56 Å². The lowest BCUT2D eigenvalue weighted by atomic mass is 9.91. The van der Waals surface area contributed by atoms with E-state index in [0.717, 1.165) is 38.5 Å². The molecule has 0 fully saturated rings.